The maximum absolute atomic E-state index is 12.2. The highest BCUT2D eigenvalue weighted by atomic mass is 16.3. The SMILES string of the molecule is Cc1ccc(C(=O)NCC(O)c2ccc3c(ccn3C)c2)cc1C. The molecule has 1 amide bonds. The summed E-state index contributed by atoms with van der Waals surface area (Å²) in [5.74, 6) is -0.169. The lowest BCUT2D eigenvalue weighted by Gasteiger charge is -2.13. The van der Waals surface area contributed by atoms with Crippen molar-refractivity contribution in [3.8, 4) is 0 Å². The number of aromatic nitrogens is 1. The Labute approximate surface area is 141 Å². The van der Waals surface area contributed by atoms with Crippen LogP contribution in [0.3, 0.4) is 0 Å². The summed E-state index contributed by atoms with van der Waals surface area (Å²) >= 11 is 0. The summed E-state index contributed by atoms with van der Waals surface area (Å²) in [4.78, 5) is 12.2. The number of carbonyl (C=O) groups is 1. The Kier molecular flexibility index (Phi) is 4.40. The normalized spacial score (nSPS) is 12.3. The third-order valence-electron chi connectivity index (χ3n) is 4.52. The minimum Gasteiger partial charge on any atom is -0.387 e. The van der Waals surface area contributed by atoms with E-state index in [1.807, 2.05) is 68.1 Å². The summed E-state index contributed by atoms with van der Waals surface area (Å²) in [6.45, 7) is 4.18. The quantitative estimate of drug-likeness (QED) is 0.774. The number of amides is 1. The number of fused-ring (bicyclic) bond motifs is 1. The standard InChI is InChI=1S/C20H22N2O2/c1-13-4-5-17(10-14(13)2)20(24)21-12-19(23)16-6-7-18-15(11-16)8-9-22(18)3/h4-11,19,23H,12H2,1-3H3,(H,21,24). The minimum absolute atomic E-state index is 0.169. The van der Waals surface area contributed by atoms with Crippen LogP contribution in [0.5, 0.6) is 0 Å². The second-order valence-electron chi connectivity index (χ2n) is 6.27. The van der Waals surface area contributed by atoms with E-state index in [-0.39, 0.29) is 12.5 Å². The lowest BCUT2D eigenvalue weighted by atomic mass is 10.1. The van der Waals surface area contributed by atoms with Gasteiger partial charge in [-0.25, -0.2) is 0 Å². The van der Waals surface area contributed by atoms with Gasteiger partial charge in [0.1, 0.15) is 0 Å². The fourth-order valence-corrected chi connectivity index (χ4v) is 2.80. The third-order valence-corrected chi connectivity index (χ3v) is 4.52. The molecule has 4 heteroatoms. The highest BCUT2D eigenvalue weighted by molar-refractivity contribution is 5.94. The van der Waals surface area contributed by atoms with E-state index in [9.17, 15) is 9.90 Å². The van der Waals surface area contributed by atoms with Gasteiger partial charge in [-0.3, -0.25) is 4.79 Å². The zero-order chi connectivity index (χ0) is 17.3. The minimum atomic E-state index is -0.731. The smallest absolute Gasteiger partial charge is 0.251 e. The summed E-state index contributed by atoms with van der Waals surface area (Å²) < 4.78 is 2.03. The van der Waals surface area contributed by atoms with Crippen LogP contribution < -0.4 is 5.32 Å². The topological polar surface area (TPSA) is 54.3 Å². The van der Waals surface area contributed by atoms with Gasteiger partial charge in [0.15, 0.2) is 0 Å². The second-order valence-corrected chi connectivity index (χ2v) is 6.27. The van der Waals surface area contributed by atoms with Gasteiger partial charge in [-0.15, -0.1) is 0 Å². The molecule has 1 aromatic heterocycles. The van der Waals surface area contributed by atoms with E-state index in [1.54, 1.807) is 6.07 Å². The molecule has 3 aromatic rings. The van der Waals surface area contributed by atoms with Gasteiger partial charge in [0, 0.05) is 30.9 Å². The van der Waals surface area contributed by atoms with Crippen LogP contribution in [-0.4, -0.2) is 22.1 Å². The van der Waals surface area contributed by atoms with Crippen LogP contribution in [0.2, 0.25) is 0 Å². The Bertz CT molecular complexity index is 896. The number of benzene rings is 2. The predicted molar refractivity (Wildman–Crippen MR) is 96.1 cm³/mol. The first-order valence-electron chi connectivity index (χ1n) is 8.04. The summed E-state index contributed by atoms with van der Waals surface area (Å²) in [7, 11) is 1.99. The number of hydrogen-bond donors (Lipinski definition) is 2. The van der Waals surface area contributed by atoms with Gasteiger partial charge in [-0.2, -0.15) is 0 Å². The first-order chi connectivity index (χ1) is 11.5. The number of nitrogens with zero attached hydrogens (tertiary/aromatic N) is 1. The van der Waals surface area contributed by atoms with Crippen LogP contribution in [0.15, 0.2) is 48.7 Å². The molecule has 24 heavy (non-hydrogen) atoms. The fraction of sp³-hybridized carbons (Fsp3) is 0.250. The first kappa shape index (κ1) is 16.3. The fourth-order valence-electron chi connectivity index (χ4n) is 2.80. The van der Waals surface area contributed by atoms with E-state index in [2.05, 4.69) is 5.32 Å². The number of aliphatic hydroxyl groups is 1. The Balaban J connectivity index is 1.68. The number of nitrogens with one attached hydrogen (secondary N) is 1. The van der Waals surface area contributed by atoms with Gasteiger partial charge < -0.3 is 15.0 Å². The molecule has 1 unspecified atom stereocenters. The summed E-state index contributed by atoms with van der Waals surface area (Å²) in [6, 6.07) is 13.5. The Morgan fingerprint density at radius 3 is 2.67 bits per heavy atom. The van der Waals surface area contributed by atoms with E-state index in [4.69, 9.17) is 0 Å². The second kappa shape index (κ2) is 6.49. The number of hydrogen-bond acceptors (Lipinski definition) is 2. The number of rotatable bonds is 4. The van der Waals surface area contributed by atoms with Gasteiger partial charge in [0.25, 0.3) is 5.91 Å². The molecule has 1 atom stereocenters. The van der Waals surface area contributed by atoms with Gasteiger partial charge in [0.2, 0.25) is 0 Å². The average molecular weight is 322 g/mol. The third kappa shape index (κ3) is 3.19. The van der Waals surface area contributed by atoms with Crippen LogP contribution in [0.25, 0.3) is 10.9 Å². The molecular weight excluding hydrogens is 300 g/mol. The number of aliphatic hydroxyl groups excluding tert-OH is 1. The van der Waals surface area contributed by atoms with Crippen LogP contribution in [0.1, 0.15) is 33.2 Å². The van der Waals surface area contributed by atoms with Crippen LogP contribution >= 0.6 is 0 Å². The lowest BCUT2D eigenvalue weighted by molar-refractivity contribution is 0.0916. The largest absolute Gasteiger partial charge is 0.387 e. The molecule has 2 aromatic carbocycles. The molecule has 0 aliphatic heterocycles. The molecule has 0 saturated heterocycles. The van der Waals surface area contributed by atoms with Gasteiger partial charge in [0.05, 0.1) is 6.10 Å². The molecule has 0 fully saturated rings. The zero-order valence-electron chi connectivity index (χ0n) is 14.2. The maximum atomic E-state index is 12.2. The molecule has 0 spiro atoms. The molecule has 3 rings (SSSR count). The van der Waals surface area contributed by atoms with E-state index < -0.39 is 6.10 Å². The average Bonchev–Trinajstić information content (AvgIpc) is 2.95. The first-order valence-corrected chi connectivity index (χ1v) is 8.04. The summed E-state index contributed by atoms with van der Waals surface area (Å²) in [6.07, 6.45) is 1.26. The Morgan fingerprint density at radius 1 is 1.12 bits per heavy atom. The highest BCUT2D eigenvalue weighted by Gasteiger charge is 2.12. The van der Waals surface area contributed by atoms with E-state index >= 15 is 0 Å². The van der Waals surface area contributed by atoms with E-state index in [1.165, 1.54) is 0 Å². The van der Waals surface area contributed by atoms with Crippen molar-refractivity contribution < 1.29 is 9.90 Å². The zero-order valence-corrected chi connectivity index (χ0v) is 14.2. The molecule has 4 nitrogen and oxygen atoms in total. The molecule has 0 aliphatic rings. The van der Waals surface area contributed by atoms with Crippen molar-refractivity contribution in [1.82, 2.24) is 9.88 Å². The van der Waals surface area contributed by atoms with Crippen molar-refractivity contribution >= 4 is 16.8 Å². The highest BCUT2D eigenvalue weighted by Crippen LogP contribution is 2.21. The summed E-state index contributed by atoms with van der Waals surface area (Å²) in [5.41, 5.74) is 4.77. The molecule has 0 saturated carbocycles. The van der Waals surface area contributed by atoms with Crippen molar-refractivity contribution in [2.24, 2.45) is 7.05 Å². The van der Waals surface area contributed by atoms with Crippen molar-refractivity contribution in [2.45, 2.75) is 20.0 Å². The Morgan fingerprint density at radius 2 is 1.92 bits per heavy atom. The maximum Gasteiger partial charge on any atom is 0.251 e. The molecule has 0 bridgehead atoms. The van der Waals surface area contributed by atoms with E-state index in [0.717, 1.165) is 27.6 Å². The number of carbonyl (C=O) groups excluding carboxylic acids is 1. The van der Waals surface area contributed by atoms with Crippen LogP contribution in [0.4, 0.5) is 0 Å². The van der Waals surface area contributed by atoms with Gasteiger partial charge in [-0.05, 0) is 66.3 Å². The van der Waals surface area contributed by atoms with Crippen molar-refractivity contribution in [2.75, 3.05) is 6.54 Å². The molecule has 124 valence electrons. The van der Waals surface area contributed by atoms with Crippen LogP contribution in [-0.2, 0) is 7.05 Å². The number of aryl methyl sites for hydroxylation is 3. The van der Waals surface area contributed by atoms with Crippen molar-refractivity contribution in [3.05, 3.63) is 70.9 Å². The van der Waals surface area contributed by atoms with Gasteiger partial charge in [-0.1, -0.05) is 12.1 Å². The molecule has 0 aliphatic carbocycles. The lowest BCUT2D eigenvalue weighted by Crippen LogP contribution is -2.28. The molecule has 1 heterocycles. The molecule has 2 N–H and O–H groups in total. The molecular formula is C20H22N2O2. The van der Waals surface area contributed by atoms with E-state index in [0.29, 0.717) is 5.56 Å². The predicted octanol–water partition coefficient (Wildman–Crippen LogP) is 3.26. The van der Waals surface area contributed by atoms with Crippen molar-refractivity contribution in [3.63, 3.8) is 0 Å². The Hall–Kier alpha value is -2.59. The molecule has 0 radical (unpaired) electrons. The van der Waals surface area contributed by atoms with Crippen LogP contribution in [0, 0.1) is 13.8 Å². The summed E-state index contributed by atoms with van der Waals surface area (Å²) in [5, 5.41) is 14.2. The van der Waals surface area contributed by atoms with Gasteiger partial charge >= 0.3 is 0 Å². The monoisotopic (exact) mass is 322 g/mol. The van der Waals surface area contributed by atoms with Crippen molar-refractivity contribution in [1.29, 1.82) is 0 Å².